The zero-order valence-electron chi connectivity index (χ0n) is 12.1. The highest BCUT2D eigenvalue weighted by molar-refractivity contribution is 6.04. The van der Waals surface area contributed by atoms with Crippen molar-refractivity contribution in [1.82, 2.24) is 0 Å². The Kier molecular flexibility index (Phi) is 4.21. The molecule has 1 heterocycles. The zero-order chi connectivity index (χ0) is 16.2. The van der Waals surface area contributed by atoms with E-state index >= 15 is 0 Å². The van der Waals surface area contributed by atoms with Crippen LogP contribution in [-0.4, -0.2) is 11.0 Å². The lowest BCUT2D eigenvalue weighted by atomic mass is 10.1. The molecule has 116 valence electrons. The lowest BCUT2D eigenvalue weighted by Gasteiger charge is -2.07. The zero-order valence-corrected chi connectivity index (χ0v) is 12.1. The molecule has 2 N–H and O–H groups in total. The second kappa shape index (κ2) is 6.46. The minimum atomic E-state index is -0.570. The first-order valence-corrected chi connectivity index (χ1v) is 7.03. The fraction of sp³-hybridized carbons (Fsp3) is 0.0556. The molecule has 0 radical (unpaired) electrons. The van der Waals surface area contributed by atoms with Gasteiger partial charge in [-0.3, -0.25) is 4.79 Å². The van der Waals surface area contributed by atoms with Gasteiger partial charge in [0.25, 0.3) is 5.91 Å². The van der Waals surface area contributed by atoms with E-state index < -0.39 is 11.7 Å². The van der Waals surface area contributed by atoms with E-state index in [4.69, 9.17) is 9.52 Å². The predicted molar refractivity (Wildman–Crippen MR) is 84.4 cm³/mol. The van der Waals surface area contributed by atoms with Crippen molar-refractivity contribution in [3.63, 3.8) is 0 Å². The third-order valence-corrected chi connectivity index (χ3v) is 3.34. The van der Waals surface area contributed by atoms with Crippen LogP contribution < -0.4 is 5.32 Å². The topological polar surface area (TPSA) is 62.5 Å². The van der Waals surface area contributed by atoms with E-state index in [0.29, 0.717) is 17.2 Å². The Balaban J connectivity index is 1.83. The van der Waals surface area contributed by atoms with Gasteiger partial charge in [0.05, 0.1) is 5.56 Å². The normalized spacial score (nSPS) is 10.5. The Morgan fingerprint density at radius 2 is 1.91 bits per heavy atom. The fourth-order valence-corrected chi connectivity index (χ4v) is 2.21. The summed E-state index contributed by atoms with van der Waals surface area (Å²) in [6.45, 7) is -0.177. The minimum Gasteiger partial charge on any atom is -0.459 e. The van der Waals surface area contributed by atoms with E-state index in [1.54, 1.807) is 36.4 Å². The number of carbonyl (C=O) groups excluding carboxylic acids is 1. The van der Waals surface area contributed by atoms with Crippen molar-refractivity contribution in [3.05, 3.63) is 77.8 Å². The molecule has 3 aromatic rings. The van der Waals surface area contributed by atoms with Crippen LogP contribution in [0, 0.1) is 5.82 Å². The molecule has 0 bridgehead atoms. The molecular weight excluding hydrogens is 297 g/mol. The van der Waals surface area contributed by atoms with Crippen molar-refractivity contribution >= 4 is 11.6 Å². The van der Waals surface area contributed by atoms with Gasteiger partial charge in [0, 0.05) is 11.3 Å². The number of furan rings is 1. The number of benzene rings is 2. The quantitative estimate of drug-likeness (QED) is 0.769. The van der Waals surface area contributed by atoms with Crippen molar-refractivity contribution in [2.75, 3.05) is 5.32 Å². The van der Waals surface area contributed by atoms with Crippen molar-refractivity contribution in [3.8, 4) is 11.3 Å². The second-order valence-electron chi connectivity index (χ2n) is 4.94. The number of anilines is 1. The highest BCUT2D eigenvalue weighted by Crippen LogP contribution is 2.25. The van der Waals surface area contributed by atoms with Gasteiger partial charge in [-0.2, -0.15) is 0 Å². The molecule has 3 rings (SSSR count). The summed E-state index contributed by atoms with van der Waals surface area (Å²) in [7, 11) is 0. The van der Waals surface area contributed by atoms with E-state index in [1.165, 1.54) is 18.2 Å². The third kappa shape index (κ3) is 3.30. The van der Waals surface area contributed by atoms with Crippen LogP contribution in [0.1, 0.15) is 16.1 Å². The van der Waals surface area contributed by atoms with Crippen LogP contribution >= 0.6 is 0 Å². The Bertz CT molecular complexity index is 842. The summed E-state index contributed by atoms with van der Waals surface area (Å²) < 4.78 is 19.1. The van der Waals surface area contributed by atoms with Crippen LogP contribution in [0.5, 0.6) is 0 Å². The number of nitrogens with one attached hydrogen (secondary N) is 1. The minimum absolute atomic E-state index is 0.0153. The maximum Gasteiger partial charge on any atom is 0.258 e. The average Bonchev–Trinajstić information content (AvgIpc) is 3.04. The largest absolute Gasteiger partial charge is 0.459 e. The molecule has 0 spiro atoms. The molecule has 4 nitrogen and oxygen atoms in total. The maximum atomic E-state index is 13.6. The average molecular weight is 311 g/mol. The highest BCUT2D eigenvalue weighted by atomic mass is 19.1. The van der Waals surface area contributed by atoms with Crippen LogP contribution in [0.15, 0.2) is 65.1 Å². The second-order valence-corrected chi connectivity index (χ2v) is 4.94. The highest BCUT2D eigenvalue weighted by Gasteiger charge is 2.12. The molecule has 5 heteroatoms. The number of amides is 1. The SMILES string of the molecule is O=C(Nc1cccc(-c2ccc(CO)o2)c1)c1ccccc1F. The molecule has 2 aromatic carbocycles. The Morgan fingerprint density at radius 3 is 2.65 bits per heavy atom. The molecule has 0 unspecified atom stereocenters. The molecule has 0 aliphatic carbocycles. The van der Waals surface area contributed by atoms with Crippen molar-refractivity contribution < 1.29 is 18.7 Å². The van der Waals surface area contributed by atoms with Gasteiger partial charge in [-0.15, -0.1) is 0 Å². The summed E-state index contributed by atoms with van der Waals surface area (Å²) in [6.07, 6.45) is 0. The van der Waals surface area contributed by atoms with Gasteiger partial charge < -0.3 is 14.8 Å². The molecular formula is C18H14FNO3. The number of rotatable bonds is 4. The van der Waals surface area contributed by atoms with Crippen LogP contribution in [0.4, 0.5) is 10.1 Å². The lowest BCUT2D eigenvalue weighted by Crippen LogP contribution is -2.13. The molecule has 0 atom stereocenters. The molecule has 1 aromatic heterocycles. The van der Waals surface area contributed by atoms with Gasteiger partial charge in [-0.05, 0) is 36.4 Å². The molecule has 0 saturated heterocycles. The van der Waals surface area contributed by atoms with Gasteiger partial charge in [-0.1, -0.05) is 24.3 Å². The first-order valence-electron chi connectivity index (χ1n) is 7.03. The number of aliphatic hydroxyl groups excluding tert-OH is 1. The Morgan fingerprint density at radius 1 is 1.09 bits per heavy atom. The van der Waals surface area contributed by atoms with Crippen molar-refractivity contribution in [2.45, 2.75) is 6.61 Å². The molecule has 0 aliphatic rings. The number of halogens is 1. The Labute approximate surface area is 132 Å². The summed E-state index contributed by atoms with van der Waals surface area (Å²) in [5, 5.41) is 11.7. The first kappa shape index (κ1) is 15.0. The van der Waals surface area contributed by atoms with Crippen molar-refractivity contribution in [1.29, 1.82) is 0 Å². The lowest BCUT2D eigenvalue weighted by molar-refractivity contribution is 0.102. The number of hydrogen-bond acceptors (Lipinski definition) is 3. The van der Waals surface area contributed by atoms with E-state index in [-0.39, 0.29) is 12.2 Å². The number of aliphatic hydroxyl groups is 1. The van der Waals surface area contributed by atoms with E-state index in [1.807, 2.05) is 6.07 Å². The smallest absolute Gasteiger partial charge is 0.258 e. The fourth-order valence-electron chi connectivity index (χ4n) is 2.21. The first-order chi connectivity index (χ1) is 11.2. The van der Waals surface area contributed by atoms with Crippen LogP contribution in [0.2, 0.25) is 0 Å². The summed E-state index contributed by atoms with van der Waals surface area (Å²) in [4.78, 5) is 12.1. The molecule has 23 heavy (non-hydrogen) atoms. The molecule has 0 aliphatic heterocycles. The Hall–Kier alpha value is -2.92. The van der Waals surface area contributed by atoms with Gasteiger partial charge in [0.2, 0.25) is 0 Å². The van der Waals surface area contributed by atoms with E-state index in [9.17, 15) is 9.18 Å². The van der Waals surface area contributed by atoms with Crippen LogP contribution in [0.25, 0.3) is 11.3 Å². The molecule has 0 fully saturated rings. The molecule has 0 saturated carbocycles. The predicted octanol–water partition coefficient (Wildman–Crippen LogP) is 3.83. The van der Waals surface area contributed by atoms with Crippen LogP contribution in [0.3, 0.4) is 0 Å². The summed E-state index contributed by atoms with van der Waals surface area (Å²) in [6, 6.07) is 16.2. The van der Waals surface area contributed by atoms with Crippen LogP contribution in [-0.2, 0) is 6.61 Å². The van der Waals surface area contributed by atoms with E-state index in [0.717, 1.165) is 5.56 Å². The number of carbonyl (C=O) groups is 1. The summed E-state index contributed by atoms with van der Waals surface area (Å²) in [5.41, 5.74) is 1.26. The molecule has 1 amide bonds. The maximum absolute atomic E-state index is 13.6. The summed E-state index contributed by atoms with van der Waals surface area (Å²) >= 11 is 0. The van der Waals surface area contributed by atoms with Gasteiger partial charge in [0.15, 0.2) is 0 Å². The standard InChI is InChI=1S/C18H14FNO3/c19-16-7-2-1-6-15(16)18(22)20-13-5-3-4-12(10-13)17-9-8-14(11-21)23-17/h1-10,21H,11H2,(H,20,22). The summed E-state index contributed by atoms with van der Waals surface area (Å²) in [5.74, 6) is -0.0487. The monoisotopic (exact) mass is 311 g/mol. The van der Waals surface area contributed by atoms with Gasteiger partial charge in [0.1, 0.15) is 23.9 Å². The van der Waals surface area contributed by atoms with E-state index in [2.05, 4.69) is 5.32 Å². The number of hydrogen-bond donors (Lipinski definition) is 2. The van der Waals surface area contributed by atoms with Gasteiger partial charge in [-0.25, -0.2) is 4.39 Å². The van der Waals surface area contributed by atoms with Gasteiger partial charge >= 0.3 is 0 Å². The van der Waals surface area contributed by atoms with Crippen molar-refractivity contribution in [2.24, 2.45) is 0 Å². The third-order valence-electron chi connectivity index (χ3n) is 3.34.